The molecule has 0 aliphatic rings. The number of rotatable bonds is 8. The molecule has 0 heterocycles. The van der Waals surface area contributed by atoms with E-state index in [4.69, 9.17) is 8.92 Å². The summed E-state index contributed by atoms with van der Waals surface area (Å²) in [5.74, 6) is -0.618. The monoisotopic (exact) mass is 391 g/mol. The maximum Gasteiger partial charge on any atom is 0.331 e. The molecule has 0 bridgehead atoms. The molecule has 0 fully saturated rings. The third kappa shape index (κ3) is 5.73. The fourth-order valence-electron chi connectivity index (χ4n) is 2.13. The summed E-state index contributed by atoms with van der Waals surface area (Å²) in [6.45, 7) is 1.44. The lowest BCUT2D eigenvalue weighted by molar-refractivity contribution is -0.384. The highest BCUT2D eigenvalue weighted by atomic mass is 32.2. The van der Waals surface area contributed by atoms with Crippen molar-refractivity contribution in [3.63, 3.8) is 0 Å². The van der Waals surface area contributed by atoms with Gasteiger partial charge in [-0.05, 0) is 30.2 Å². The van der Waals surface area contributed by atoms with E-state index in [0.29, 0.717) is 11.1 Å². The standard InChI is InChI=1S/C18H17NO7S/c1-2-25-18(20)12-15(14-6-4-3-5-7-14)13-26-27(23,24)17-10-8-16(9-11-17)19(21)22/h3-12H,2,13H2,1H3/b15-12-. The summed E-state index contributed by atoms with van der Waals surface area (Å²) in [5, 5.41) is 10.7. The van der Waals surface area contributed by atoms with Gasteiger partial charge in [0.05, 0.1) is 23.0 Å². The van der Waals surface area contributed by atoms with E-state index in [1.54, 1.807) is 37.3 Å². The Balaban J connectivity index is 2.22. The molecule has 0 saturated carbocycles. The summed E-state index contributed by atoms with van der Waals surface area (Å²) in [6.07, 6.45) is 1.17. The predicted octanol–water partition coefficient (Wildman–Crippen LogP) is 2.95. The van der Waals surface area contributed by atoms with Gasteiger partial charge in [-0.2, -0.15) is 8.42 Å². The van der Waals surface area contributed by atoms with Gasteiger partial charge < -0.3 is 4.74 Å². The lowest BCUT2D eigenvalue weighted by Gasteiger charge is -2.10. The first-order valence-corrected chi connectivity index (χ1v) is 9.31. The number of nitro benzene ring substituents is 1. The van der Waals surface area contributed by atoms with Crippen LogP contribution in [0.5, 0.6) is 0 Å². The van der Waals surface area contributed by atoms with Crippen LogP contribution < -0.4 is 0 Å². The summed E-state index contributed by atoms with van der Waals surface area (Å²) in [6, 6.07) is 13.0. The molecule has 0 amide bonds. The molecule has 0 unspecified atom stereocenters. The normalized spacial score (nSPS) is 11.8. The number of carbonyl (C=O) groups is 1. The number of ether oxygens (including phenoxy) is 1. The van der Waals surface area contributed by atoms with Gasteiger partial charge in [0.2, 0.25) is 0 Å². The fourth-order valence-corrected chi connectivity index (χ4v) is 3.02. The van der Waals surface area contributed by atoms with Crippen molar-refractivity contribution in [3.8, 4) is 0 Å². The predicted molar refractivity (Wildman–Crippen MR) is 97.3 cm³/mol. The highest BCUT2D eigenvalue weighted by Crippen LogP contribution is 2.21. The van der Waals surface area contributed by atoms with Gasteiger partial charge in [0.1, 0.15) is 0 Å². The molecule has 0 radical (unpaired) electrons. The zero-order valence-corrected chi connectivity index (χ0v) is 15.2. The van der Waals surface area contributed by atoms with Crippen molar-refractivity contribution in [2.24, 2.45) is 0 Å². The Labute approximate surface area is 156 Å². The number of nitrogens with zero attached hydrogens (tertiary/aromatic N) is 1. The largest absolute Gasteiger partial charge is 0.463 e. The second-order valence-electron chi connectivity index (χ2n) is 5.25. The number of carbonyl (C=O) groups excluding carboxylic acids is 1. The molecule has 8 nitrogen and oxygen atoms in total. The maximum absolute atomic E-state index is 12.3. The number of esters is 1. The van der Waals surface area contributed by atoms with Crippen molar-refractivity contribution in [2.45, 2.75) is 11.8 Å². The second kappa shape index (κ2) is 9.06. The van der Waals surface area contributed by atoms with Crippen LogP contribution in [0, 0.1) is 10.1 Å². The summed E-state index contributed by atoms with van der Waals surface area (Å²) in [4.78, 5) is 21.6. The minimum Gasteiger partial charge on any atom is -0.463 e. The average molecular weight is 391 g/mol. The molecular formula is C18H17NO7S. The van der Waals surface area contributed by atoms with Gasteiger partial charge >= 0.3 is 5.97 Å². The molecule has 0 aliphatic heterocycles. The molecule has 2 aromatic carbocycles. The molecule has 0 N–H and O–H groups in total. The zero-order chi connectivity index (χ0) is 19.9. The second-order valence-corrected chi connectivity index (χ2v) is 6.87. The van der Waals surface area contributed by atoms with E-state index < -0.39 is 27.6 Å². The summed E-state index contributed by atoms with van der Waals surface area (Å²) in [5.41, 5.74) is 0.685. The van der Waals surface area contributed by atoms with Gasteiger partial charge in [-0.25, -0.2) is 4.79 Å². The number of hydrogen-bond acceptors (Lipinski definition) is 7. The van der Waals surface area contributed by atoms with E-state index in [2.05, 4.69) is 0 Å². The van der Waals surface area contributed by atoms with Crippen molar-refractivity contribution >= 4 is 27.3 Å². The lowest BCUT2D eigenvalue weighted by Crippen LogP contribution is -2.10. The quantitative estimate of drug-likeness (QED) is 0.223. The first-order chi connectivity index (χ1) is 12.8. The van der Waals surface area contributed by atoms with E-state index in [1.165, 1.54) is 6.08 Å². The van der Waals surface area contributed by atoms with Gasteiger partial charge in [-0.3, -0.25) is 14.3 Å². The highest BCUT2D eigenvalue weighted by molar-refractivity contribution is 7.86. The van der Waals surface area contributed by atoms with Crippen molar-refractivity contribution < 1.29 is 27.1 Å². The minimum absolute atomic E-state index is 0.180. The third-order valence-electron chi connectivity index (χ3n) is 3.43. The van der Waals surface area contributed by atoms with Gasteiger partial charge in [-0.15, -0.1) is 0 Å². The molecule has 27 heavy (non-hydrogen) atoms. The number of non-ortho nitro benzene ring substituents is 1. The highest BCUT2D eigenvalue weighted by Gasteiger charge is 2.18. The maximum atomic E-state index is 12.3. The topological polar surface area (TPSA) is 113 Å². The van der Waals surface area contributed by atoms with Crippen molar-refractivity contribution in [1.29, 1.82) is 0 Å². The first-order valence-electron chi connectivity index (χ1n) is 7.90. The SMILES string of the molecule is CCOC(=O)/C=C(/COS(=O)(=O)c1ccc([N+](=O)[O-])cc1)c1ccccc1. The van der Waals surface area contributed by atoms with E-state index in [1.807, 2.05) is 0 Å². The van der Waals surface area contributed by atoms with E-state index >= 15 is 0 Å². The molecular weight excluding hydrogens is 374 g/mol. The Morgan fingerprint density at radius 2 is 1.74 bits per heavy atom. The van der Waals surface area contributed by atoms with Crippen LogP contribution >= 0.6 is 0 Å². The molecule has 0 aromatic heterocycles. The van der Waals surface area contributed by atoms with Crippen molar-refractivity contribution in [1.82, 2.24) is 0 Å². The molecule has 0 saturated heterocycles. The van der Waals surface area contributed by atoms with Crippen molar-refractivity contribution in [3.05, 3.63) is 76.4 Å². The third-order valence-corrected chi connectivity index (χ3v) is 4.71. The van der Waals surface area contributed by atoms with Crippen LogP contribution in [0.1, 0.15) is 12.5 Å². The van der Waals surface area contributed by atoms with Gasteiger partial charge in [-0.1, -0.05) is 30.3 Å². The zero-order valence-electron chi connectivity index (χ0n) is 14.4. The van der Waals surface area contributed by atoms with Crippen LogP contribution in [0.3, 0.4) is 0 Å². The Bertz CT molecular complexity index is 935. The van der Waals surface area contributed by atoms with E-state index in [-0.39, 0.29) is 17.2 Å². The first kappa shape index (κ1) is 20.3. The molecule has 2 aromatic rings. The van der Waals surface area contributed by atoms with Crippen LogP contribution in [0.25, 0.3) is 5.57 Å². The molecule has 9 heteroatoms. The van der Waals surface area contributed by atoms with Gasteiger partial charge in [0.25, 0.3) is 15.8 Å². The Morgan fingerprint density at radius 3 is 2.30 bits per heavy atom. The van der Waals surface area contributed by atoms with Gasteiger partial charge in [0, 0.05) is 18.2 Å². The summed E-state index contributed by atoms with van der Waals surface area (Å²) in [7, 11) is -4.17. The summed E-state index contributed by atoms with van der Waals surface area (Å²) < 4.78 is 34.5. The smallest absolute Gasteiger partial charge is 0.331 e. The Morgan fingerprint density at radius 1 is 1.11 bits per heavy atom. The molecule has 0 atom stereocenters. The van der Waals surface area contributed by atoms with Crippen LogP contribution in [-0.2, 0) is 23.8 Å². The van der Waals surface area contributed by atoms with E-state index in [0.717, 1.165) is 24.3 Å². The Kier molecular flexibility index (Phi) is 6.80. The Hall–Kier alpha value is -3.04. The fraction of sp³-hybridized carbons (Fsp3) is 0.167. The van der Waals surface area contributed by atoms with Crippen molar-refractivity contribution in [2.75, 3.05) is 13.2 Å². The lowest BCUT2D eigenvalue weighted by atomic mass is 10.1. The molecule has 2 rings (SSSR count). The van der Waals surface area contributed by atoms with Crippen LogP contribution in [0.4, 0.5) is 5.69 Å². The van der Waals surface area contributed by atoms with Crippen LogP contribution in [0.2, 0.25) is 0 Å². The average Bonchev–Trinajstić information content (AvgIpc) is 2.66. The number of nitro groups is 1. The molecule has 142 valence electrons. The molecule has 0 aliphatic carbocycles. The van der Waals surface area contributed by atoms with Crippen LogP contribution in [0.15, 0.2) is 65.6 Å². The molecule has 0 spiro atoms. The van der Waals surface area contributed by atoms with Crippen LogP contribution in [-0.4, -0.2) is 32.5 Å². The van der Waals surface area contributed by atoms with Gasteiger partial charge in [0.15, 0.2) is 0 Å². The van der Waals surface area contributed by atoms with E-state index in [9.17, 15) is 23.3 Å². The minimum atomic E-state index is -4.17. The number of hydrogen-bond donors (Lipinski definition) is 0. The summed E-state index contributed by atoms with van der Waals surface area (Å²) >= 11 is 0. The number of benzene rings is 2.